The van der Waals surface area contributed by atoms with Crippen LogP contribution in [-0.4, -0.2) is 33.5 Å². The number of ether oxygens (including phenoxy) is 2. The molecule has 1 saturated carbocycles. The van der Waals surface area contributed by atoms with E-state index in [0.717, 1.165) is 25.7 Å². The maximum atomic E-state index is 12.2. The predicted octanol–water partition coefficient (Wildman–Crippen LogP) is 2.69. The maximum Gasteiger partial charge on any atom is 0.240 e. The van der Waals surface area contributed by atoms with Gasteiger partial charge in [-0.1, -0.05) is 24.1 Å². The van der Waals surface area contributed by atoms with Gasteiger partial charge in [-0.2, -0.15) is 0 Å². The molecule has 1 aliphatic heterocycles. The highest BCUT2D eigenvalue weighted by atomic mass is 35.5. The van der Waals surface area contributed by atoms with Gasteiger partial charge in [0.1, 0.15) is 0 Å². The summed E-state index contributed by atoms with van der Waals surface area (Å²) in [6.07, 6.45) is 4.95. The van der Waals surface area contributed by atoms with Crippen LogP contribution in [0, 0.1) is 0 Å². The third-order valence-corrected chi connectivity index (χ3v) is 5.79. The molecule has 1 aliphatic carbocycles. The minimum absolute atomic E-state index is 0.159. The molecule has 0 amide bonds. The van der Waals surface area contributed by atoms with E-state index in [9.17, 15) is 8.42 Å². The van der Waals surface area contributed by atoms with Crippen molar-refractivity contribution in [1.82, 2.24) is 4.72 Å². The van der Waals surface area contributed by atoms with E-state index in [2.05, 4.69) is 4.72 Å². The molecule has 3 rings (SSSR count). The van der Waals surface area contributed by atoms with Gasteiger partial charge in [0.25, 0.3) is 0 Å². The highest BCUT2D eigenvalue weighted by Crippen LogP contribution is 2.37. The van der Waals surface area contributed by atoms with Crippen LogP contribution in [0.3, 0.4) is 0 Å². The lowest BCUT2D eigenvalue weighted by molar-refractivity contribution is -0.186. The molecule has 1 saturated heterocycles. The van der Waals surface area contributed by atoms with Gasteiger partial charge in [-0.05, 0) is 31.0 Å². The molecule has 1 atom stereocenters. The van der Waals surface area contributed by atoms with Gasteiger partial charge < -0.3 is 9.47 Å². The van der Waals surface area contributed by atoms with Crippen LogP contribution in [0.2, 0.25) is 5.02 Å². The Kier molecular flexibility index (Phi) is 4.75. The number of hydrogen-bond acceptors (Lipinski definition) is 4. The minimum atomic E-state index is -3.58. The molecular formula is C15H20ClNO4S. The number of benzene rings is 1. The van der Waals surface area contributed by atoms with E-state index in [-0.39, 0.29) is 17.5 Å². The van der Waals surface area contributed by atoms with Crippen molar-refractivity contribution in [2.24, 2.45) is 0 Å². The summed E-state index contributed by atoms with van der Waals surface area (Å²) >= 11 is 5.84. The highest BCUT2D eigenvalue weighted by molar-refractivity contribution is 7.89. The topological polar surface area (TPSA) is 64.6 Å². The molecule has 1 aromatic carbocycles. The molecule has 22 heavy (non-hydrogen) atoms. The van der Waals surface area contributed by atoms with E-state index < -0.39 is 15.8 Å². The number of halogens is 1. The number of sulfonamides is 1. The van der Waals surface area contributed by atoms with Crippen LogP contribution in [0.5, 0.6) is 0 Å². The zero-order valence-corrected chi connectivity index (χ0v) is 13.8. The first-order chi connectivity index (χ1) is 10.5. The average molecular weight is 346 g/mol. The van der Waals surface area contributed by atoms with E-state index in [1.54, 1.807) is 12.1 Å². The summed E-state index contributed by atoms with van der Waals surface area (Å²) in [4.78, 5) is 0.159. The molecule has 1 spiro atoms. The lowest BCUT2D eigenvalue weighted by atomic mass is 9.94. The maximum absolute atomic E-state index is 12.2. The molecule has 0 unspecified atom stereocenters. The fraction of sp³-hybridized carbons (Fsp3) is 0.600. The molecule has 0 radical (unpaired) electrons. The van der Waals surface area contributed by atoms with Crippen molar-refractivity contribution in [3.05, 3.63) is 29.3 Å². The zero-order chi connectivity index (χ0) is 15.6. The molecule has 2 fully saturated rings. The largest absolute Gasteiger partial charge is 0.347 e. The fourth-order valence-corrected chi connectivity index (χ4v) is 4.36. The third-order valence-electron chi connectivity index (χ3n) is 4.14. The van der Waals surface area contributed by atoms with E-state index in [1.807, 2.05) is 0 Å². The van der Waals surface area contributed by atoms with Crippen LogP contribution in [-0.2, 0) is 19.5 Å². The van der Waals surface area contributed by atoms with Gasteiger partial charge >= 0.3 is 0 Å². The second kappa shape index (κ2) is 6.45. The average Bonchev–Trinajstić information content (AvgIpc) is 2.89. The Morgan fingerprint density at radius 2 is 2.05 bits per heavy atom. The predicted molar refractivity (Wildman–Crippen MR) is 83.3 cm³/mol. The lowest BCUT2D eigenvalue weighted by Gasteiger charge is -2.31. The number of rotatable bonds is 4. The van der Waals surface area contributed by atoms with Gasteiger partial charge in [0, 0.05) is 24.4 Å². The molecule has 1 heterocycles. The summed E-state index contributed by atoms with van der Waals surface area (Å²) in [6, 6.07) is 6.20. The van der Waals surface area contributed by atoms with Crippen LogP contribution in [0.25, 0.3) is 0 Å². The smallest absolute Gasteiger partial charge is 0.240 e. The molecule has 2 aliphatic rings. The zero-order valence-electron chi connectivity index (χ0n) is 12.3. The SMILES string of the molecule is O=S(=O)(NC[C@H]1COC2(CCCCC2)O1)c1cccc(Cl)c1. The summed E-state index contributed by atoms with van der Waals surface area (Å²) in [6.45, 7) is 0.634. The normalized spacial score (nSPS) is 24.7. The first-order valence-electron chi connectivity index (χ1n) is 7.56. The quantitative estimate of drug-likeness (QED) is 0.911. The van der Waals surface area contributed by atoms with Gasteiger partial charge in [0.2, 0.25) is 10.0 Å². The Morgan fingerprint density at radius 3 is 2.77 bits per heavy atom. The van der Waals surface area contributed by atoms with Crippen molar-refractivity contribution >= 4 is 21.6 Å². The second-order valence-corrected chi connectivity index (χ2v) is 8.03. The Bertz CT molecular complexity index is 628. The molecule has 0 bridgehead atoms. The van der Waals surface area contributed by atoms with Crippen molar-refractivity contribution in [2.75, 3.05) is 13.2 Å². The first-order valence-corrected chi connectivity index (χ1v) is 9.42. The van der Waals surface area contributed by atoms with Crippen molar-refractivity contribution in [2.45, 2.75) is 48.9 Å². The monoisotopic (exact) mass is 345 g/mol. The summed E-state index contributed by atoms with van der Waals surface area (Å²) in [5.74, 6) is -0.482. The molecular weight excluding hydrogens is 326 g/mol. The van der Waals surface area contributed by atoms with Crippen LogP contribution in [0.15, 0.2) is 29.2 Å². The summed E-state index contributed by atoms with van der Waals surface area (Å²) in [7, 11) is -3.58. The Hall–Kier alpha value is -0.660. The minimum Gasteiger partial charge on any atom is -0.347 e. The van der Waals surface area contributed by atoms with Crippen LogP contribution < -0.4 is 4.72 Å². The summed E-state index contributed by atoms with van der Waals surface area (Å²) in [5, 5.41) is 0.393. The molecule has 1 aromatic rings. The second-order valence-electron chi connectivity index (χ2n) is 5.83. The Morgan fingerprint density at radius 1 is 1.27 bits per heavy atom. The lowest BCUT2D eigenvalue weighted by Crippen LogP contribution is -2.37. The molecule has 7 heteroatoms. The van der Waals surface area contributed by atoms with Crippen LogP contribution in [0.4, 0.5) is 0 Å². The third kappa shape index (κ3) is 3.63. The van der Waals surface area contributed by atoms with Crippen molar-refractivity contribution < 1.29 is 17.9 Å². The standard InChI is InChI=1S/C15H20ClNO4S/c16-12-5-4-6-14(9-12)22(18,19)17-10-13-11-20-15(21-13)7-2-1-3-8-15/h4-6,9,13,17H,1-3,7-8,10-11H2/t13-/m0/s1. The van der Waals surface area contributed by atoms with E-state index in [1.165, 1.54) is 18.6 Å². The van der Waals surface area contributed by atoms with Gasteiger partial charge in [0.15, 0.2) is 5.79 Å². The molecule has 1 N–H and O–H groups in total. The van der Waals surface area contributed by atoms with Gasteiger partial charge in [-0.25, -0.2) is 13.1 Å². The number of hydrogen-bond donors (Lipinski definition) is 1. The first kappa shape index (κ1) is 16.2. The van der Waals surface area contributed by atoms with Gasteiger partial charge in [-0.3, -0.25) is 0 Å². The number of nitrogens with one attached hydrogen (secondary N) is 1. The molecule has 5 nitrogen and oxygen atoms in total. The van der Waals surface area contributed by atoms with Crippen molar-refractivity contribution in [1.29, 1.82) is 0 Å². The molecule has 0 aromatic heterocycles. The van der Waals surface area contributed by atoms with Gasteiger partial charge in [0.05, 0.1) is 17.6 Å². The van der Waals surface area contributed by atoms with Crippen molar-refractivity contribution in [3.63, 3.8) is 0 Å². The van der Waals surface area contributed by atoms with E-state index in [4.69, 9.17) is 21.1 Å². The highest BCUT2D eigenvalue weighted by Gasteiger charge is 2.42. The van der Waals surface area contributed by atoms with E-state index >= 15 is 0 Å². The fourth-order valence-electron chi connectivity index (χ4n) is 2.99. The molecule has 122 valence electrons. The Balaban J connectivity index is 1.58. The van der Waals surface area contributed by atoms with Crippen molar-refractivity contribution in [3.8, 4) is 0 Å². The van der Waals surface area contributed by atoms with Gasteiger partial charge in [-0.15, -0.1) is 0 Å². The summed E-state index contributed by atoms with van der Waals surface area (Å²) < 4.78 is 38.8. The van der Waals surface area contributed by atoms with Crippen LogP contribution >= 0.6 is 11.6 Å². The summed E-state index contributed by atoms with van der Waals surface area (Å²) in [5.41, 5.74) is 0. The Labute approximate surface area is 136 Å². The van der Waals surface area contributed by atoms with Crippen LogP contribution in [0.1, 0.15) is 32.1 Å². The van der Waals surface area contributed by atoms with E-state index in [0.29, 0.717) is 11.6 Å².